The van der Waals surface area contributed by atoms with Crippen LogP contribution in [0.2, 0.25) is 0 Å². The summed E-state index contributed by atoms with van der Waals surface area (Å²) >= 11 is 0. The summed E-state index contributed by atoms with van der Waals surface area (Å²) in [5, 5.41) is 2.11. The monoisotopic (exact) mass is 314 g/mol. The van der Waals surface area contributed by atoms with Crippen molar-refractivity contribution in [1.82, 2.24) is 4.98 Å². The van der Waals surface area contributed by atoms with Crippen LogP contribution in [0.3, 0.4) is 0 Å². The van der Waals surface area contributed by atoms with Crippen molar-refractivity contribution in [3.63, 3.8) is 0 Å². The summed E-state index contributed by atoms with van der Waals surface area (Å²) in [5.41, 5.74) is -1.96. The zero-order chi connectivity index (χ0) is 16.3. The minimum absolute atomic E-state index is 0.198. The Morgan fingerprint density at radius 3 is 2.41 bits per heavy atom. The van der Waals surface area contributed by atoms with Crippen molar-refractivity contribution >= 4 is 11.6 Å². The van der Waals surface area contributed by atoms with Crippen molar-refractivity contribution in [2.24, 2.45) is 0 Å². The zero-order valence-electron chi connectivity index (χ0n) is 11.0. The van der Waals surface area contributed by atoms with Gasteiger partial charge in [-0.1, -0.05) is 12.1 Å². The summed E-state index contributed by atoms with van der Waals surface area (Å²) in [7, 11) is 0. The molecular weight excluding hydrogens is 304 g/mol. The van der Waals surface area contributed by atoms with Crippen molar-refractivity contribution in [2.75, 3.05) is 5.32 Å². The summed E-state index contributed by atoms with van der Waals surface area (Å²) in [6, 6.07) is 5.59. The van der Waals surface area contributed by atoms with Gasteiger partial charge in [-0.05, 0) is 23.8 Å². The molecular formula is C14H10F4N2O2. The normalized spacial score (nSPS) is 11.3. The maximum absolute atomic E-state index is 12.7. The summed E-state index contributed by atoms with van der Waals surface area (Å²) in [4.78, 5) is 25.1. The highest BCUT2D eigenvalue weighted by Crippen LogP contribution is 2.29. The fourth-order valence-electron chi connectivity index (χ4n) is 1.72. The highest BCUT2D eigenvalue weighted by Gasteiger charge is 2.31. The van der Waals surface area contributed by atoms with Crippen LogP contribution >= 0.6 is 0 Å². The number of amides is 1. The van der Waals surface area contributed by atoms with Crippen molar-refractivity contribution in [1.29, 1.82) is 0 Å². The second-order valence-corrected chi connectivity index (χ2v) is 4.48. The molecule has 0 aliphatic rings. The van der Waals surface area contributed by atoms with Gasteiger partial charge in [0, 0.05) is 6.20 Å². The molecule has 0 saturated carbocycles. The van der Waals surface area contributed by atoms with E-state index in [1.165, 1.54) is 12.1 Å². The molecule has 1 aromatic heterocycles. The molecule has 0 fully saturated rings. The van der Waals surface area contributed by atoms with Crippen LogP contribution in [0, 0.1) is 5.82 Å². The Balaban J connectivity index is 2.14. The Morgan fingerprint density at radius 1 is 1.18 bits per heavy atom. The third-order valence-electron chi connectivity index (χ3n) is 2.78. The van der Waals surface area contributed by atoms with E-state index in [4.69, 9.17) is 0 Å². The van der Waals surface area contributed by atoms with Gasteiger partial charge < -0.3 is 10.3 Å². The highest BCUT2D eigenvalue weighted by molar-refractivity contribution is 5.92. The molecule has 2 N–H and O–H groups in total. The lowest BCUT2D eigenvalue weighted by molar-refractivity contribution is -0.137. The highest BCUT2D eigenvalue weighted by atomic mass is 19.4. The lowest BCUT2D eigenvalue weighted by Crippen LogP contribution is -2.22. The quantitative estimate of drug-likeness (QED) is 0.856. The standard InChI is InChI=1S/C14H10F4N2O2/c15-10-3-1-8(2-4-10)5-12(21)20-11-6-9(14(16,17)18)7-19-13(11)22/h1-4,6-7H,5H2,(H,19,22)(H,20,21). The molecule has 8 heteroatoms. The smallest absolute Gasteiger partial charge is 0.327 e. The van der Waals surface area contributed by atoms with Crippen LogP contribution in [0.25, 0.3) is 0 Å². The van der Waals surface area contributed by atoms with Gasteiger partial charge in [-0.3, -0.25) is 9.59 Å². The lowest BCUT2D eigenvalue weighted by atomic mass is 10.1. The maximum atomic E-state index is 12.7. The Kier molecular flexibility index (Phi) is 4.30. The number of nitrogens with one attached hydrogen (secondary N) is 2. The number of hydrogen-bond donors (Lipinski definition) is 2. The first kappa shape index (κ1) is 15.7. The number of H-pyrrole nitrogens is 1. The number of benzene rings is 1. The van der Waals surface area contributed by atoms with Gasteiger partial charge in [0.05, 0.1) is 12.0 Å². The molecule has 1 aromatic carbocycles. The molecule has 0 aliphatic heterocycles. The van der Waals surface area contributed by atoms with Crippen LogP contribution in [-0.2, 0) is 17.4 Å². The van der Waals surface area contributed by atoms with Gasteiger partial charge in [0.1, 0.15) is 11.5 Å². The molecule has 0 radical (unpaired) electrons. The molecule has 4 nitrogen and oxygen atoms in total. The Morgan fingerprint density at radius 2 is 1.82 bits per heavy atom. The number of rotatable bonds is 3. The molecule has 1 heterocycles. The van der Waals surface area contributed by atoms with E-state index in [-0.39, 0.29) is 6.42 Å². The number of carbonyl (C=O) groups excluding carboxylic acids is 1. The van der Waals surface area contributed by atoms with Crippen molar-refractivity contribution in [2.45, 2.75) is 12.6 Å². The van der Waals surface area contributed by atoms with E-state index in [2.05, 4.69) is 5.32 Å². The minimum Gasteiger partial charge on any atom is -0.327 e. The number of anilines is 1. The van der Waals surface area contributed by atoms with E-state index < -0.39 is 34.7 Å². The molecule has 116 valence electrons. The molecule has 0 atom stereocenters. The van der Waals surface area contributed by atoms with E-state index in [1.807, 2.05) is 4.98 Å². The zero-order valence-corrected chi connectivity index (χ0v) is 11.0. The Hall–Kier alpha value is -2.64. The van der Waals surface area contributed by atoms with Crippen LogP contribution in [0.4, 0.5) is 23.2 Å². The van der Waals surface area contributed by atoms with Crippen LogP contribution in [-0.4, -0.2) is 10.9 Å². The summed E-state index contributed by atoms with van der Waals surface area (Å²) in [6.45, 7) is 0. The lowest BCUT2D eigenvalue weighted by Gasteiger charge is -2.09. The van der Waals surface area contributed by atoms with Gasteiger partial charge >= 0.3 is 6.18 Å². The van der Waals surface area contributed by atoms with Gasteiger partial charge in [-0.25, -0.2) is 4.39 Å². The fraction of sp³-hybridized carbons (Fsp3) is 0.143. The van der Waals surface area contributed by atoms with Crippen molar-refractivity contribution in [3.05, 3.63) is 63.8 Å². The topological polar surface area (TPSA) is 62.0 Å². The number of pyridine rings is 1. The number of alkyl halides is 3. The summed E-state index contributed by atoms with van der Waals surface area (Å²) in [5.74, 6) is -1.16. The van der Waals surface area contributed by atoms with E-state index in [0.29, 0.717) is 17.8 Å². The van der Waals surface area contributed by atoms with Gasteiger partial charge in [-0.15, -0.1) is 0 Å². The SMILES string of the molecule is O=C(Cc1ccc(F)cc1)Nc1cc(C(F)(F)F)c[nH]c1=O. The fourth-order valence-corrected chi connectivity index (χ4v) is 1.72. The summed E-state index contributed by atoms with van der Waals surface area (Å²) < 4.78 is 50.4. The first-order valence-electron chi connectivity index (χ1n) is 6.10. The molecule has 0 aliphatic carbocycles. The number of aromatic amines is 1. The predicted octanol–water partition coefficient (Wildman–Crippen LogP) is 2.71. The number of halogens is 4. The number of carbonyl (C=O) groups is 1. The summed E-state index contributed by atoms with van der Waals surface area (Å²) in [6.07, 6.45) is -4.31. The van der Waals surface area contributed by atoms with Crippen molar-refractivity contribution < 1.29 is 22.4 Å². The predicted molar refractivity (Wildman–Crippen MR) is 70.8 cm³/mol. The maximum Gasteiger partial charge on any atom is 0.417 e. The van der Waals surface area contributed by atoms with Gasteiger partial charge in [0.2, 0.25) is 5.91 Å². The Labute approximate surface area is 121 Å². The van der Waals surface area contributed by atoms with E-state index in [1.54, 1.807) is 0 Å². The molecule has 0 spiro atoms. The molecule has 2 aromatic rings. The molecule has 2 rings (SSSR count). The largest absolute Gasteiger partial charge is 0.417 e. The second kappa shape index (κ2) is 6.00. The first-order valence-corrected chi connectivity index (χ1v) is 6.10. The molecule has 0 unspecified atom stereocenters. The first-order chi connectivity index (χ1) is 10.3. The van der Waals surface area contributed by atoms with E-state index in [0.717, 1.165) is 12.1 Å². The van der Waals surface area contributed by atoms with Gasteiger partial charge in [-0.2, -0.15) is 13.2 Å². The molecule has 22 heavy (non-hydrogen) atoms. The molecule has 1 amide bonds. The van der Waals surface area contributed by atoms with Crippen LogP contribution < -0.4 is 10.9 Å². The third kappa shape index (κ3) is 3.94. The number of hydrogen-bond acceptors (Lipinski definition) is 2. The van der Waals surface area contributed by atoms with E-state index >= 15 is 0 Å². The van der Waals surface area contributed by atoms with Gasteiger partial charge in [0.25, 0.3) is 5.56 Å². The molecule has 0 saturated heterocycles. The molecule has 0 bridgehead atoms. The van der Waals surface area contributed by atoms with Crippen LogP contribution in [0.1, 0.15) is 11.1 Å². The van der Waals surface area contributed by atoms with E-state index in [9.17, 15) is 27.2 Å². The van der Waals surface area contributed by atoms with Crippen LogP contribution in [0.5, 0.6) is 0 Å². The van der Waals surface area contributed by atoms with Crippen molar-refractivity contribution in [3.8, 4) is 0 Å². The van der Waals surface area contributed by atoms with Gasteiger partial charge in [0.15, 0.2) is 0 Å². The van der Waals surface area contributed by atoms with Crippen LogP contribution in [0.15, 0.2) is 41.3 Å². The second-order valence-electron chi connectivity index (χ2n) is 4.48. The third-order valence-corrected chi connectivity index (χ3v) is 2.78. The average Bonchev–Trinajstić information content (AvgIpc) is 2.42. The average molecular weight is 314 g/mol. The Bertz CT molecular complexity index is 736. The minimum atomic E-state index is -4.64. The number of aromatic nitrogens is 1.